The molecule has 1 rings (SSSR count). The Morgan fingerprint density at radius 3 is 2.75 bits per heavy atom. The van der Waals surface area contributed by atoms with Crippen LogP contribution in [0, 0.1) is 10.1 Å². The summed E-state index contributed by atoms with van der Waals surface area (Å²) in [5, 5.41) is 15.7. The minimum atomic E-state index is -0.558. The molecule has 0 aromatic heterocycles. The Balaban J connectivity index is 2.74. The quantitative estimate of drug-likeness (QED) is 0.388. The van der Waals surface area contributed by atoms with Gasteiger partial charge in [0.1, 0.15) is 5.69 Å². The number of nitrogens with one attached hydrogen (secondary N) is 2. The highest BCUT2D eigenvalue weighted by molar-refractivity contribution is 5.80. The van der Waals surface area contributed by atoms with Crippen molar-refractivity contribution in [1.29, 1.82) is 0 Å². The third kappa shape index (κ3) is 2.84. The van der Waals surface area contributed by atoms with Gasteiger partial charge < -0.3 is 16.4 Å². The van der Waals surface area contributed by atoms with Crippen LogP contribution in [-0.2, 0) is 4.79 Å². The first-order chi connectivity index (χ1) is 7.54. The molecule has 0 radical (unpaired) electrons. The molecular formula is C9H12N4O3. The van der Waals surface area contributed by atoms with E-state index in [1.165, 1.54) is 25.2 Å². The van der Waals surface area contributed by atoms with E-state index in [1.807, 2.05) is 0 Å². The van der Waals surface area contributed by atoms with Crippen LogP contribution >= 0.6 is 0 Å². The van der Waals surface area contributed by atoms with Gasteiger partial charge in [0.05, 0.1) is 11.5 Å². The largest absolute Gasteiger partial charge is 0.393 e. The van der Waals surface area contributed by atoms with Crippen molar-refractivity contribution in [3.8, 4) is 0 Å². The lowest BCUT2D eigenvalue weighted by Crippen LogP contribution is -2.26. The van der Waals surface area contributed by atoms with Crippen molar-refractivity contribution in [2.45, 2.75) is 0 Å². The minimum Gasteiger partial charge on any atom is -0.393 e. The summed E-state index contributed by atoms with van der Waals surface area (Å²) in [4.78, 5) is 20.9. The summed E-state index contributed by atoms with van der Waals surface area (Å²) in [7, 11) is 1.52. The van der Waals surface area contributed by atoms with Crippen molar-refractivity contribution < 1.29 is 9.72 Å². The lowest BCUT2D eigenvalue weighted by atomic mass is 10.2. The van der Waals surface area contributed by atoms with E-state index in [2.05, 4.69) is 10.6 Å². The first-order valence-corrected chi connectivity index (χ1v) is 4.53. The second-order valence-electron chi connectivity index (χ2n) is 3.06. The monoisotopic (exact) mass is 224 g/mol. The van der Waals surface area contributed by atoms with Crippen molar-refractivity contribution in [2.24, 2.45) is 0 Å². The summed E-state index contributed by atoms with van der Waals surface area (Å²) < 4.78 is 0. The second kappa shape index (κ2) is 4.96. The smallest absolute Gasteiger partial charge is 0.292 e. The summed E-state index contributed by atoms with van der Waals surface area (Å²) in [5.41, 5.74) is 5.95. The Morgan fingerprint density at radius 2 is 2.25 bits per heavy atom. The van der Waals surface area contributed by atoms with Gasteiger partial charge in [-0.1, -0.05) is 0 Å². The van der Waals surface area contributed by atoms with E-state index in [4.69, 9.17) is 5.73 Å². The maximum atomic E-state index is 10.9. The summed E-state index contributed by atoms with van der Waals surface area (Å²) in [6.45, 7) is 0.0910. The van der Waals surface area contributed by atoms with Gasteiger partial charge in [-0.15, -0.1) is 0 Å². The first-order valence-electron chi connectivity index (χ1n) is 4.53. The number of likely N-dealkylation sites (N-methyl/N-ethyl adjacent to an activating group) is 1. The summed E-state index contributed by atoms with van der Waals surface area (Å²) in [6, 6.07) is 4.21. The highest BCUT2D eigenvalue weighted by Crippen LogP contribution is 2.24. The molecule has 1 amide bonds. The molecule has 0 aliphatic rings. The van der Waals surface area contributed by atoms with Crippen LogP contribution in [0.5, 0.6) is 0 Å². The molecule has 0 fully saturated rings. The van der Waals surface area contributed by atoms with Crippen LogP contribution in [0.3, 0.4) is 0 Å². The van der Waals surface area contributed by atoms with E-state index in [9.17, 15) is 14.9 Å². The van der Waals surface area contributed by atoms with E-state index < -0.39 is 4.92 Å². The van der Waals surface area contributed by atoms with Crippen molar-refractivity contribution >= 4 is 23.0 Å². The molecule has 1 aromatic rings. The summed E-state index contributed by atoms with van der Waals surface area (Å²) in [5.74, 6) is -0.183. The molecule has 7 nitrogen and oxygen atoms in total. The maximum absolute atomic E-state index is 10.9. The molecule has 0 saturated carbocycles. The summed E-state index contributed by atoms with van der Waals surface area (Å²) >= 11 is 0. The van der Waals surface area contributed by atoms with Gasteiger partial charge in [-0.3, -0.25) is 14.9 Å². The number of nitrogens with two attached hydrogens (primary N) is 1. The normalized spacial score (nSPS) is 9.56. The zero-order valence-electron chi connectivity index (χ0n) is 8.69. The fraction of sp³-hybridized carbons (Fsp3) is 0.222. The summed E-state index contributed by atoms with van der Waals surface area (Å²) in [6.07, 6.45) is 0. The third-order valence-corrected chi connectivity index (χ3v) is 1.96. The molecule has 86 valence electrons. The predicted octanol–water partition coefficient (Wildman–Crippen LogP) is 0.335. The van der Waals surface area contributed by atoms with Crippen LogP contribution < -0.4 is 16.4 Å². The van der Waals surface area contributed by atoms with Crippen LogP contribution in [0.1, 0.15) is 0 Å². The zero-order valence-corrected chi connectivity index (χ0v) is 8.69. The highest BCUT2D eigenvalue weighted by atomic mass is 16.6. The molecule has 4 N–H and O–H groups in total. The number of hydrogen-bond donors (Lipinski definition) is 3. The molecule has 1 aromatic carbocycles. The predicted molar refractivity (Wildman–Crippen MR) is 60.1 cm³/mol. The number of nitrogens with zero attached hydrogens (tertiary/aromatic N) is 1. The van der Waals surface area contributed by atoms with Crippen molar-refractivity contribution in [3.05, 3.63) is 28.3 Å². The lowest BCUT2D eigenvalue weighted by molar-refractivity contribution is -0.383. The minimum absolute atomic E-state index is 0.0620. The van der Waals surface area contributed by atoms with Gasteiger partial charge in [-0.25, -0.2) is 0 Å². The Kier molecular flexibility index (Phi) is 3.65. The average molecular weight is 224 g/mol. The number of benzene rings is 1. The fourth-order valence-corrected chi connectivity index (χ4v) is 1.10. The first kappa shape index (κ1) is 11.8. The number of rotatable bonds is 4. The van der Waals surface area contributed by atoms with Gasteiger partial charge in [0.2, 0.25) is 5.91 Å². The Labute approximate surface area is 91.8 Å². The molecule has 0 aliphatic carbocycles. The topological polar surface area (TPSA) is 110 Å². The Bertz CT molecular complexity index is 419. The van der Waals surface area contributed by atoms with Crippen LogP contribution in [0.15, 0.2) is 18.2 Å². The van der Waals surface area contributed by atoms with Crippen LogP contribution in [0.25, 0.3) is 0 Å². The lowest BCUT2D eigenvalue weighted by Gasteiger charge is -2.06. The molecule has 7 heteroatoms. The zero-order chi connectivity index (χ0) is 12.1. The van der Waals surface area contributed by atoms with E-state index in [0.717, 1.165) is 0 Å². The molecule has 0 saturated heterocycles. The molecule has 0 spiro atoms. The molecule has 0 aliphatic heterocycles. The molecule has 16 heavy (non-hydrogen) atoms. The number of anilines is 2. The van der Waals surface area contributed by atoms with Gasteiger partial charge in [-0.2, -0.15) is 0 Å². The van der Waals surface area contributed by atoms with Gasteiger partial charge in [-0.05, 0) is 12.1 Å². The molecule has 0 bridgehead atoms. The van der Waals surface area contributed by atoms with Crippen molar-refractivity contribution in [2.75, 3.05) is 24.6 Å². The molecule has 0 unspecified atom stereocenters. The number of carbonyl (C=O) groups excluding carboxylic acids is 1. The number of carbonyl (C=O) groups is 1. The highest BCUT2D eigenvalue weighted by Gasteiger charge is 2.11. The number of hydrogen-bond acceptors (Lipinski definition) is 5. The molecular weight excluding hydrogens is 212 g/mol. The van der Waals surface area contributed by atoms with Gasteiger partial charge >= 0.3 is 0 Å². The number of nitrogen functional groups attached to an aromatic ring is 1. The van der Waals surface area contributed by atoms with E-state index in [-0.39, 0.29) is 23.8 Å². The number of nitro groups is 1. The molecule has 0 atom stereocenters. The number of nitro benzene ring substituents is 1. The third-order valence-electron chi connectivity index (χ3n) is 1.96. The average Bonchev–Trinajstić information content (AvgIpc) is 2.25. The van der Waals surface area contributed by atoms with Gasteiger partial charge in [0.25, 0.3) is 5.69 Å². The Morgan fingerprint density at radius 1 is 1.56 bits per heavy atom. The maximum Gasteiger partial charge on any atom is 0.292 e. The van der Waals surface area contributed by atoms with Gasteiger partial charge in [0.15, 0.2) is 0 Å². The Hall–Kier alpha value is -2.31. The number of amides is 1. The second-order valence-corrected chi connectivity index (χ2v) is 3.06. The van der Waals surface area contributed by atoms with E-state index >= 15 is 0 Å². The van der Waals surface area contributed by atoms with Crippen LogP contribution in [0.2, 0.25) is 0 Å². The van der Waals surface area contributed by atoms with E-state index in [1.54, 1.807) is 0 Å². The van der Waals surface area contributed by atoms with Crippen LogP contribution in [0.4, 0.5) is 17.1 Å². The standard InChI is InChI=1S/C9H12N4O3/c1-11-9(14)5-12-6-2-3-8(13(15)16)7(10)4-6/h2-4,12H,5,10H2,1H3,(H,11,14). The van der Waals surface area contributed by atoms with Crippen molar-refractivity contribution in [1.82, 2.24) is 5.32 Å². The SMILES string of the molecule is CNC(=O)CNc1ccc([N+](=O)[O-])c(N)c1. The van der Waals surface area contributed by atoms with E-state index in [0.29, 0.717) is 5.69 Å². The molecule has 0 heterocycles. The fourth-order valence-electron chi connectivity index (χ4n) is 1.10. The van der Waals surface area contributed by atoms with Crippen molar-refractivity contribution in [3.63, 3.8) is 0 Å². The van der Waals surface area contributed by atoms with Gasteiger partial charge in [0, 0.05) is 18.8 Å². The van der Waals surface area contributed by atoms with Crippen LogP contribution in [-0.4, -0.2) is 24.4 Å².